The smallest absolute Gasteiger partial charge is 0.224 e. The lowest BCUT2D eigenvalue weighted by Gasteiger charge is -2.15. The Morgan fingerprint density at radius 1 is 0.912 bits per heavy atom. The third kappa shape index (κ3) is 8.49. The van der Waals surface area contributed by atoms with E-state index in [1.54, 1.807) is 6.07 Å². The summed E-state index contributed by atoms with van der Waals surface area (Å²) in [6.45, 7) is 3.38. The molecule has 4 N–H and O–H groups in total. The number of halogens is 1. The Kier molecular flexibility index (Phi) is 9.95. The fourth-order valence-corrected chi connectivity index (χ4v) is 4.05. The van der Waals surface area contributed by atoms with E-state index in [0.717, 1.165) is 42.5 Å². The van der Waals surface area contributed by atoms with Crippen LogP contribution in [-0.2, 0) is 37.1 Å². The minimum absolute atomic E-state index is 0.0217. The summed E-state index contributed by atoms with van der Waals surface area (Å²) >= 11 is 5.91. The maximum absolute atomic E-state index is 12.4. The number of aliphatic hydroxyl groups is 1. The zero-order valence-electron chi connectivity index (χ0n) is 19.6. The third-order valence-electron chi connectivity index (χ3n) is 5.77. The molecule has 0 spiro atoms. The summed E-state index contributed by atoms with van der Waals surface area (Å²) in [4.78, 5) is 12.4. The highest BCUT2D eigenvalue weighted by Gasteiger charge is 2.08. The molecule has 3 aromatic carbocycles. The molecular formula is C28H33ClN2O3. The highest BCUT2D eigenvalue weighted by atomic mass is 35.5. The van der Waals surface area contributed by atoms with Gasteiger partial charge in [-0.2, -0.15) is 0 Å². The second-order valence-corrected chi connectivity index (χ2v) is 9.09. The maximum atomic E-state index is 12.4. The van der Waals surface area contributed by atoms with Gasteiger partial charge in [0.2, 0.25) is 5.91 Å². The highest BCUT2D eigenvalue weighted by molar-refractivity contribution is 6.30. The molecule has 0 fully saturated rings. The Balaban J connectivity index is 1.40. The number of rotatable bonds is 12. The van der Waals surface area contributed by atoms with Crippen molar-refractivity contribution >= 4 is 17.5 Å². The van der Waals surface area contributed by atoms with Gasteiger partial charge in [0.1, 0.15) is 5.75 Å². The van der Waals surface area contributed by atoms with Gasteiger partial charge in [0.05, 0.1) is 13.0 Å². The summed E-state index contributed by atoms with van der Waals surface area (Å²) < 4.78 is 0. The molecule has 0 saturated carbocycles. The van der Waals surface area contributed by atoms with Crippen LogP contribution < -0.4 is 10.6 Å². The molecule has 1 atom stereocenters. The number of nitrogens with one attached hydrogen (secondary N) is 2. The first-order valence-electron chi connectivity index (χ1n) is 11.7. The van der Waals surface area contributed by atoms with Gasteiger partial charge in [0.15, 0.2) is 0 Å². The van der Waals surface area contributed by atoms with E-state index in [-0.39, 0.29) is 24.3 Å². The summed E-state index contributed by atoms with van der Waals surface area (Å²) in [7, 11) is 0. The molecule has 0 heterocycles. The van der Waals surface area contributed by atoms with Crippen molar-refractivity contribution < 1.29 is 15.0 Å². The number of benzene rings is 3. The van der Waals surface area contributed by atoms with Gasteiger partial charge in [-0.25, -0.2) is 0 Å². The van der Waals surface area contributed by atoms with E-state index in [4.69, 9.17) is 11.6 Å². The molecule has 0 aromatic heterocycles. The summed E-state index contributed by atoms with van der Waals surface area (Å²) in [5, 5.41) is 26.2. The van der Waals surface area contributed by atoms with Crippen molar-refractivity contribution in [2.45, 2.75) is 45.3 Å². The molecule has 0 aliphatic heterocycles. The van der Waals surface area contributed by atoms with Crippen LogP contribution in [0.15, 0.2) is 66.7 Å². The van der Waals surface area contributed by atoms with E-state index in [1.165, 1.54) is 5.56 Å². The van der Waals surface area contributed by atoms with Gasteiger partial charge in [-0.3, -0.25) is 4.79 Å². The fraction of sp³-hybridized carbons (Fsp3) is 0.321. The number of carbonyl (C=O) groups excluding carboxylic acids is 1. The van der Waals surface area contributed by atoms with Crippen molar-refractivity contribution in [2.24, 2.45) is 0 Å². The Morgan fingerprint density at radius 3 is 2.38 bits per heavy atom. The highest BCUT2D eigenvalue weighted by Crippen LogP contribution is 2.18. The van der Waals surface area contributed by atoms with Gasteiger partial charge in [0, 0.05) is 23.2 Å². The molecule has 0 radical (unpaired) electrons. The monoisotopic (exact) mass is 480 g/mol. The summed E-state index contributed by atoms with van der Waals surface area (Å²) in [6, 6.07) is 21.5. The van der Waals surface area contributed by atoms with Crippen LogP contribution in [-0.4, -0.2) is 35.3 Å². The van der Waals surface area contributed by atoms with E-state index < -0.39 is 0 Å². The lowest BCUT2D eigenvalue weighted by Crippen LogP contribution is -2.30. The normalized spacial score (nSPS) is 11.9. The number of aliphatic hydroxyl groups excluding tert-OH is 1. The number of carbonyl (C=O) groups is 1. The SMILES string of the molecule is C[C@H](Cc1cccc(CC(=O)NCCc2ccc(Cl)cc2)c1)NCCc1ccc(O)c(CO)c1. The molecule has 0 unspecified atom stereocenters. The van der Waals surface area contributed by atoms with E-state index in [9.17, 15) is 15.0 Å². The average molecular weight is 481 g/mol. The standard InChI is InChI=1S/C28H33ClN2O3/c1-20(30-13-12-22-7-10-27(33)25(17-22)19-32)15-23-3-2-4-24(16-23)18-28(34)31-14-11-21-5-8-26(29)9-6-21/h2-10,16-17,20,30,32-33H,11-15,18-19H2,1H3,(H,31,34)/t20-/m1/s1. The first-order valence-corrected chi connectivity index (χ1v) is 12.0. The van der Waals surface area contributed by atoms with Gasteiger partial charge in [-0.05, 0) is 79.3 Å². The largest absolute Gasteiger partial charge is 0.508 e. The number of amides is 1. The molecule has 34 heavy (non-hydrogen) atoms. The average Bonchev–Trinajstić information content (AvgIpc) is 2.81. The number of phenols is 1. The molecule has 180 valence electrons. The molecule has 5 nitrogen and oxygen atoms in total. The second kappa shape index (κ2) is 13.1. The molecule has 0 aliphatic carbocycles. The molecule has 3 rings (SSSR count). The minimum Gasteiger partial charge on any atom is -0.508 e. The summed E-state index contributed by atoms with van der Waals surface area (Å²) in [5.74, 6) is 0.149. The van der Waals surface area contributed by atoms with Crippen LogP contribution >= 0.6 is 11.6 Å². The van der Waals surface area contributed by atoms with Gasteiger partial charge >= 0.3 is 0 Å². The van der Waals surface area contributed by atoms with Gasteiger partial charge in [-0.15, -0.1) is 0 Å². The lowest BCUT2D eigenvalue weighted by molar-refractivity contribution is -0.120. The summed E-state index contributed by atoms with van der Waals surface area (Å²) in [6.07, 6.45) is 2.82. The van der Waals surface area contributed by atoms with Crippen LogP contribution in [0, 0.1) is 0 Å². The minimum atomic E-state index is -0.166. The van der Waals surface area contributed by atoms with Crippen LogP contribution in [0.1, 0.15) is 34.7 Å². The van der Waals surface area contributed by atoms with Crippen molar-refractivity contribution in [3.05, 3.63) is 99.6 Å². The number of hydrogen-bond acceptors (Lipinski definition) is 4. The summed E-state index contributed by atoms with van der Waals surface area (Å²) in [5.41, 5.74) is 4.97. The van der Waals surface area contributed by atoms with Gasteiger partial charge in [-0.1, -0.05) is 54.1 Å². The first kappa shape index (κ1) is 25.8. The Morgan fingerprint density at radius 2 is 1.62 bits per heavy atom. The van der Waals surface area contributed by atoms with Crippen molar-refractivity contribution in [3.8, 4) is 5.75 Å². The van der Waals surface area contributed by atoms with Crippen molar-refractivity contribution in [3.63, 3.8) is 0 Å². The van der Waals surface area contributed by atoms with Crippen LogP contribution in [0.3, 0.4) is 0 Å². The molecule has 0 saturated heterocycles. The molecule has 1 amide bonds. The van der Waals surface area contributed by atoms with Crippen LogP contribution in [0.4, 0.5) is 0 Å². The van der Waals surface area contributed by atoms with E-state index >= 15 is 0 Å². The zero-order chi connectivity index (χ0) is 24.3. The predicted octanol–water partition coefficient (Wildman–Crippen LogP) is 4.20. The zero-order valence-corrected chi connectivity index (χ0v) is 20.3. The predicted molar refractivity (Wildman–Crippen MR) is 137 cm³/mol. The van der Waals surface area contributed by atoms with E-state index in [0.29, 0.717) is 23.6 Å². The molecule has 0 bridgehead atoms. The maximum Gasteiger partial charge on any atom is 0.224 e. The van der Waals surface area contributed by atoms with Crippen LogP contribution in [0.2, 0.25) is 5.02 Å². The quantitative estimate of drug-likeness (QED) is 0.313. The molecule has 6 heteroatoms. The Labute approximate surface area is 206 Å². The van der Waals surface area contributed by atoms with E-state index in [1.807, 2.05) is 48.5 Å². The fourth-order valence-electron chi connectivity index (χ4n) is 3.92. The Hall–Kier alpha value is -2.86. The van der Waals surface area contributed by atoms with Crippen molar-refractivity contribution in [1.82, 2.24) is 10.6 Å². The van der Waals surface area contributed by atoms with Crippen molar-refractivity contribution in [1.29, 1.82) is 0 Å². The Bertz CT molecular complexity index is 1070. The molecule has 0 aliphatic rings. The third-order valence-corrected chi connectivity index (χ3v) is 6.02. The van der Waals surface area contributed by atoms with Crippen molar-refractivity contribution in [2.75, 3.05) is 13.1 Å². The van der Waals surface area contributed by atoms with Gasteiger partial charge < -0.3 is 20.8 Å². The van der Waals surface area contributed by atoms with Gasteiger partial charge in [0.25, 0.3) is 0 Å². The molecule has 3 aromatic rings. The number of hydrogen-bond donors (Lipinski definition) is 4. The van der Waals surface area contributed by atoms with Crippen LogP contribution in [0.25, 0.3) is 0 Å². The molecular weight excluding hydrogens is 448 g/mol. The van der Waals surface area contributed by atoms with E-state index in [2.05, 4.69) is 29.7 Å². The lowest BCUT2D eigenvalue weighted by atomic mass is 10.0. The number of aromatic hydroxyl groups is 1. The van der Waals surface area contributed by atoms with Crippen LogP contribution in [0.5, 0.6) is 5.75 Å². The first-order chi connectivity index (χ1) is 16.4. The topological polar surface area (TPSA) is 81.6 Å². The second-order valence-electron chi connectivity index (χ2n) is 8.65.